The van der Waals surface area contributed by atoms with Gasteiger partial charge < -0.3 is 33.8 Å². The lowest BCUT2D eigenvalue weighted by molar-refractivity contribution is -0.161. The fourth-order valence-electron chi connectivity index (χ4n) is 10.5. The molecule has 0 radical (unpaired) electrons. The average molecular weight is 1310 g/mol. The normalized spacial score (nSPS) is 14.8. The summed E-state index contributed by atoms with van der Waals surface area (Å²) >= 11 is 0. The van der Waals surface area contributed by atoms with E-state index < -0.39 is 97.5 Å². The predicted octanol–water partition coefficient (Wildman–Crippen LogP) is 20.0. The van der Waals surface area contributed by atoms with Crippen molar-refractivity contribution in [2.45, 2.75) is 374 Å². The summed E-state index contributed by atoms with van der Waals surface area (Å²) in [6.45, 7) is 9.57. The number of rotatable bonds is 69. The quantitative estimate of drug-likeness (QED) is 0.0222. The molecule has 89 heavy (non-hydrogen) atoms. The first kappa shape index (κ1) is 87.1. The van der Waals surface area contributed by atoms with Gasteiger partial charge in [-0.3, -0.25) is 37.3 Å². The summed E-state index contributed by atoms with van der Waals surface area (Å²) in [5.41, 5.74) is 0. The number of unbranched alkanes of at least 4 members (excludes halogenated alkanes) is 37. The largest absolute Gasteiger partial charge is 0.472 e. The summed E-state index contributed by atoms with van der Waals surface area (Å²) < 4.78 is 68.3. The van der Waals surface area contributed by atoms with Crippen LogP contribution in [0.4, 0.5) is 0 Å². The highest BCUT2D eigenvalue weighted by Gasteiger charge is 2.30. The number of phosphoric ester groups is 2. The van der Waals surface area contributed by atoms with Crippen molar-refractivity contribution in [1.82, 2.24) is 0 Å². The maximum absolute atomic E-state index is 13.0. The molecule has 0 fully saturated rings. The lowest BCUT2D eigenvalue weighted by Gasteiger charge is -2.21. The first-order chi connectivity index (χ1) is 42.9. The van der Waals surface area contributed by atoms with Gasteiger partial charge in [0.1, 0.15) is 19.3 Å². The summed E-state index contributed by atoms with van der Waals surface area (Å²) in [7, 11) is -9.90. The number of phosphoric acid groups is 2. The average Bonchev–Trinajstić information content (AvgIpc) is 3.60. The number of aliphatic hydroxyl groups excluding tert-OH is 1. The van der Waals surface area contributed by atoms with Gasteiger partial charge in [0.25, 0.3) is 0 Å². The van der Waals surface area contributed by atoms with Gasteiger partial charge in [-0.2, -0.15) is 0 Å². The fraction of sp³-hybridized carbons (Fsp3) is 0.943. The zero-order valence-corrected chi connectivity index (χ0v) is 59.5. The molecule has 0 heterocycles. The van der Waals surface area contributed by atoms with Gasteiger partial charge in [0.15, 0.2) is 12.2 Å². The summed E-state index contributed by atoms with van der Waals surface area (Å²) in [6, 6.07) is 0. The second-order valence-electron chi connectivity index (χ2n) is 25.8. The van der Waals surface area contributed by atoms with Crippen molar-refractivity contribution in [3.05, 3.63) is 0 Å². The molecule has 19 heteroatoms. The van der Waals surface area contributed by atoms with E-state index in [1.165, 1.54) is 173 Å². The van der Waals surface area contributed by atoms with E-state index in [2.05, 4.69) is 41.5 Å². The molecule has 0 bridgehead atoms. The summed E-state index contributed by atoms with van der Waals surface area (Å²) in [6.07, 6.45) is 46.9. The Morgan fingerprint density at radius 1 is 0.315 bits per heavy atom. The lowest BCUT2D eigenvalue weighted by atomic mass is 9.99. The smallest absolute Gasteiger partial charge is 0.462 e. The van der Waals surface area contributed by atoms with Crippen LogP contribution in [0.15, 0.2) is 0 Å². The molecule has 3 N–H and O–H groups in total. The Bertz CT molecular complexity index is 1740. The van der Waals surface area contributed by atoms with Crippen molar-refractivity contribution in [3.63, 3.8) is 0 Å². The van der Waals surface area contributed by atoms with Crippen LogP contribution in [-0.4, -0.2) is 96.7 Å². The van der Waals surface area contributed by atoms with E-state index in [1.807, 2.05) is 0 Å². The second-order valence-corrected chi connectivity index (χ2v) is 28.7. The molecule has 528 valence electrons. The molecule has 0 aromatic heterocycles. The molecular weight excluding hydrogens is 1170 g/mol. The summed E-state index contributed by atoms with van der Waals surface area (Å²) in [4.78, 5) is 72.5. The van der Waals surface area contributed by atoms with Crippen LogP contribution in [0.3, 0.4) is 0 Å². The van der Waals surface area contributed by atoms with Gasteiger partial charge in [-0.05, 0) is 37.5 Å². The molecule has 17 nitrogen and oxygen atoms in total. The van der Waals surface area contributed by atoms with Crippen molar-refractivity contribution in [3.8, 4) is 0 Å². The minimum Gasteiger partial charge on any atom is -0.462 e. The van der Waals surface area contributed by atoms with Gasteiger partial charge in [0, 0.05) is 25.7 Å². The van der Waals surface area contributed by atoms with Crippen LogP contribution in [0.25, 0.3) is 0 Å². The first-order valence-corrected chi connectivity index (χ1v) is 39.6. The zero-order valence-electron chi connectivity index (χ0n) is 57.7. The highest BCUT2D eigenvalue weighted by Crippen LogP contribution is 2.45. The number of esters is 4. The molecule has 7 atom stereocenters. The van der Waals surface area contributed by atoms with Crippen LogP contribution in [0, 0.1) is 11.8 Å². The molecule has 0 aromatic carbocycles. The predicted molar refractivity (Wildman–Crippen MR) is 358 cm³/mol. The van der Waals surface area contributed by atoms with Crippen LogP contribution in [0.1, 0.15) is 356 Å². The van der Waals surface area contributed by atoms with Crippen LogP contribution in [0.2, 0.25) is 0 Å². The minimum atomic E-state index is -4.95. The first-order valence-electron chi connectivity index (χ1n) is 36.6. The molecule has 0 saturated heterocycles. The van der Waals surface area contributed by atoms with Crippen LogP contribution in [0.5, 0.6) is 0 Å². The fourth-order valence-corrected chi connectivity index (χ4v) is 12.1. The molecule has 0 spiro atoms. The van der Waals surface area contributed by atoms with Gasteiger partial charge in [-0.1, -0.05) is 305 Å². The molecule has 4 unspecified atom stereocenters. The maximum atomic E-state index is 13.0. The number of ether oxygens (including phenoxy) is 4. The Kier molecular flexibility index (Phi) is 60.8. The number of carbonyl (C=O) groups is 4. The van der Waals surface area contributed by atoms with Crippen LogP contribution < -0.4 is 0 Å². The Morgan fingerprint density at radius 2 is 0.539 bits per heavy atom. The molecule has 0 aliphatic heterocycles. The number of carbonyl (C=O) groups excluding carboxylic acids is 4. The summed E-state index contributed by atoms with van der Waals surface area (Å²) in [5.74, 6) is -0.551. The molecule has 0 rings (SSSR count). The standard InChI is InChI=1S/C70H136O17P2/c1-7-11-13-15-17-19-21-22-23-28-35-41-47-53-68(73)81-58-65(86-69(74)54-48-42-36-29-25-24-26-32-38-44-50-62(5)9-3)60-84-88(76,77)82-56-64(71)57-83-89(78,79)85-61-66(59-80-67(72)52-46-40-34-27-20-18-16-14-12-8-2)87-70(75)55-49-43-37-31-30-33-39-45-51-63(6)10-4/h62-66,71H,7-61H2,1-6H3,(H,76,77)(H,78,79)/t62?,63?,64-,65-,66-/m1/s1. The third-order valence-corrected chi connectivity index (χ3v) is 18.8. The number of hydrogen-bond donors (Lipinski definition) is 3. The minimum absolute atomic E-state index is 0.105. The van der Waals surface area contributed by atoms with Crippen LogP contribution in [-0.2, 0) is 65.4 Å². The Hall–Kier alpha value is -1.94. The highest BCUT2D eigenvalue weighted by atomic mass is 31.2. The summed E-state index contributed by atoms with van der Waals surface area (Å²) in [5, 5.41) is 10.6. The topological polar surface area (TPSA) is 237 Å². The highest BCUT2D eigenvalue weighted by molar-refractivity contribution is 7.47. The van der Waals surface area contributed by atoms with Gasteiger partial charge in [0.2, 0.25) is 0 Å². The molecule has 0 aliphatic rings. The van der Waals surface area contributed by atoms with E-state index in [4.69, 9.17) is 37.0 Å². The van der Waals surface area contributed by atoms with Crippen molar-refractivity contribution >= 4 is 39.5 Å². The van der Waals surface area contributed by atoms with E-state index in [0.717, 1.165) is 102 Å². The van der Waals surface area contributed by atoms with Gasteiger partial charge in [-0.25, -0.2) is 9.13 Å². The lowest BCUT2D eigenvalue weighted by Crippen LogP contribution is -2.30. The van der Waals surface area contributed by atoms with E-state index in [9.17, 15) is 43.2 Å². The third-order valence-electron chi connectivity index (χ3n) is 16.9. The van der Waals surface area contributed by atoms with Gasteiger partial charge >= 0.3 is 39.5 Å². The molecule has 0 amide bonds. The van der Waals surface area contributed by atoms with E-state index in [1.54, 1.807) is 0 Å². The zero-order chi connectivity index (χ0) is 65.7. The van der Waals surface area contributed by atoms with Crippen LogP contribution >= 0.6 is 15.6 Å². The molecule has 0 aliphatic carbocycles. The number of hydrogen-bond acceptors (Lipinski definition) is 15. The number of aliphatic hydroxyl groups is 1. The SMILES string of the molecule is CCCCCCCCCCCCCCCC(=O)OC[C@H](COP(=O)(O)OC[C@@H](O)COP(=O)(O)OC[C@@H](COC(=O)CCCCCCCCCCCC)OC(=O)CCCCCCCCCCC(C)CC)OC(=O)CCCCCCCCCCCCC(C)CC. The second kappa shape index (κ2) is 62.2. The van der Waals surface area contributed by atoms with Crippen molar-refractivity contribution < 1.29 is 80.2 Å². The molecule has 0 saturated carbocycles. The third kappa shape index (κ3) is 62.0. The molecule has 0 aromatic rings. The van der Waals surface area contributed by atoms with E-state index in [0.29, 0.717) is 25.7 Å². The van der Waals surface area contributed by atoms with Crippen molar-refractivity contribution in [2.75, 3.05) is 39.6 Å². The van der Waals surface area contributed by atoms with Crippen molar-refractivity contribution in [1.29, 1.82) is 0 Å². The maximum Gasteiger partial charge on any atom is 0.472 e. The molecular formula is C70H136O17P2. The van der Waals surface area contributed by atoms with E-state index in [-0.39, 0.29) is 25.7 Å². The van der Waals surface area contributed by atoms with Gasteiger partial charge in [0.05, 0.1) is 26.4 Å². The van der Waals surface area contributed by atoms with Gasteiger partial charge in [-0.15, -0.1) is 0 Å². The Labute approximate surface area is 543 Å². The van der Waals surface area contributed by atoms with E-state index >= 15 is 0 Å². The van der Waals surface area contributed by atoms with Crippen molar-refractivity contribution in [2.24, 2.45) is 11.8 Å². The monoisotopic (exact) mass is 1310 g/mol. The Balaban J connectivity index is 5.26. The Morgan fingerprint density at radius 3 is 0.798 bits per heavy atom.